The van der Waals surface area contributed by atoms with Crippen molar-refractivity contribution in [1.29, 1.82) is 0 Å². The van der Waals surface area contributed by atoms with Crippen molar-refractivity contribution in [3.63, 3.8) is 0 Å². The molecule has 4 rings (SSSR count). The van der Waals surface area contributed by atoms with Crippen LogP contribution in [0.1, 0.15) is 73.6 Å². The van der Waals surface area contributed by atoms with E-state index in [1.807, 2.05) is 0 Å². The zero-order valence-corrected chi connectivity index (χ0v) is 14.5. The van der Waals surface area contributed by atoms with Crippen molar-refractivity contribution >= 4 is 0 Å². The minimum atomic E-state index is 0.665. The Morgan fingerprint density at radius 2 is 1.30 bits per heavy atom. The molecule has 4 saturated carbocycles. The summed E-state index contributed by atoms with van der Waals surface area (Å²) in [5.74, 6) is 6.24. The molecular formula is C20H34. The molecule has 0 aromatic heterocycles. The summed E-state index contributed by atoms with van der Waals surface area (Å²) in [7, 11) is 0. The number of hydrogen-bond donors (Lipinski definition) is 0. The molecule has 0 radical (unpaired) electrons. The SMILES string of the molecule is CC1CC2C(CC1C1(C)CCC3C(C1)C3(C)C)C2(C)C. The largest absolute Gasteiger partial charge is 0.0622 e. The van der Waals surface area contributed by atoms with E-state index >= 15 is 0 Å². The molecule has 7 atom stereocenters. The van der Waals surface area contributed by atoms with Gasteiger partial charge in [0.05, 0.1) is 0 Å². The minimum Gasteiger partial charge on any atom is -0.0622 e. The first-order valence-corrected chi connectivity index (χ1v) is 9.18. The normalized spacial score (nSPS) is 58.5. The number of hydrogen-bond acceptors (Lipinski definition) is 0. The van der Waals surface area contributed by atoms with Crippen LogP contribution in [0.4, 0.5) is 0 Å². The Hall–Kier alpha value is 0. The van der Waals surface area contributed by atoms with E-state index in [4.69, 9.17) is 0 Å². The Kier molecular flexibility index (Phi) is 2.50. The molecule has 0 aliphatic heterocycles. The zero-order valence-electron chi connectivity index (χ0n) is 14.5. The number of rotatable bonds is 1. The minimum absolute atomic E-state index is 0.665. The molecule has 7 unspecified atom stereocenters. The predicted molar refractivity (Wildman–Crippen MR) is 85.4 cm³/mol. The summed E-state index contributed by atoms with van der Waals surface area (Å²) in [6.45, 7) is 15.3. The van der Waals surface area contributed by atoms with E-state index in [1.165, 1.54) is 25.7 Å². The molecule has 0 aromatic carbocycles. The lowest BCUT2D eigenvalue weighted by Gasteiger charge is -2.45. The summed E-state index contributed by atoms with van der Waals surface area (Å²) in [6.07, 6.45) is 7.65. The number of fused-ring (bicyclic) bond motifs is 2. The molecular weight excluding hydrogens is 240 g/mol. The van der Waals surface area contributed by atoms with E-state index < -0.39 is 0 Å². The Morgan fingerprint density at radius 3 is 1.95 bits per heavy atom. The zero-order chi connectivity index (χ0) is 14.5. The monoisotopic (exact) mass is 274 g/mol. The first kappa shape index (κ1) is 13.6. The highest BCUT2D eigenvalue weighted by atomic mass is 14.7. The third kappa shape index (κ3) is 1.60. The highest BCUT2D eigenvalue weighted by molar-refractivity contribution is 5.14. The maximum absolute atomic E-state index is 2.66. The van der Waals surface area contributed by atoms with Crippen molar-refractivity contribution in [2.75, 3.05) is 0 Å². The summed E-state index contributed by atoms with van der Waals surface area (Å²) in [5.41, 5.74) is 2.02. The lowest BCUT2D eigenvalue weighted by atomic mass is 9.59. The molecule has 0 heteroatoms. The maximum Gasteiger partial charge on any atom is -0.0292 e. The van der Waals surface area contributed by atoms with Gasteiger partial charge in [0.25, 0.3) is 0 Å². The second-order valence-corrected chi connectivity index (χ2v) is 10.5. The van der Waals surface area contributed by atoms with Crippen LogP contribution in [0, 0.1) is 51.8 Å². The molecule has 0 aromatic rings. The Balaban J connectivity index is 1.52. The second-order valence-electron chi connectivity index (χ2n) is 10.5. The Morgan fingerprint density at radius 1 is 0.700 bits per heavy atom. The van der Waals surface area contributed by atoms with Gasteiger partial charge in [-0.1, -0.05) is 41.5 Å². The summed E-state index contributed by atoms with van der Waals surface area (Å²) in [5, 5.41) is 0. The molecule has 0 amide bonds. The van der Waals surface area contributed by atoms with Crippen LogP contribution in [0.25, 0.3) is 0 Å². The van der Waals surface area contributed by atoms with Crippen LogP contribution < -0.4 is 0 Å². The molecule has 4 aliphatic carbocycles. The van der Waals surface area contributed by atoms with Gasteiger partial charge >= 0.3 is 0 Å². The van der Waals surface area contributed by atoms with E-state index in [1.54, 1.807) is 6.42 Å². The van der Waals surface area contributed by atoms with Crippen molar-refractivity contribution in [3.8, 4) is 0 Å². The summed E-state index contributed by atoms with van der Waals surface area (Å²) < 4.78 is 0. The molecule has 0 nitrogen and oxygen atoms in total. The van der Waals surface area contributed by atoms with Crippen molar-refractivity contribution < 1.29 is 0 Å². The smallest absolute Gasteiger partial charge is 0.0292 e. The fourth-order valence-electron chi connectivity index (χ4n) is 7.10. The van der Waals surface area contributed by atoms with Crippen molar-refractivity contribution in [1.82, 2.24) is 0 Å². The fourth-order valence-corrected chi connectivity index (χ4v) is 7.10. The van der Waals surface area contributed by atoms with E-state index in [0.717, 1.165) is 35.5 Å². The molecule has 0 bridgehead atoms. The Labute approximate surface area is 126 Å². The quantitative estimate of drug-likeness (QED) is 0.569. The third-order valence-electron chi connectivity index (χ3n) is 9.00. The summed E-state index contributed by atoms with van der Waals surface area (Å²) in [4.78, 5) is 0. The fraction of sp³-hybridized carbons (Fsp3) is 1.00. The molecule has 0 spiro atoms. The van der Waals surface area contributed by atoms with Gasteiger partial charge in [-0.2, -0.15) is 0 Å². The standard InChI is InChI=1S/C20H34/c1-12-9-15-16(19(15,4)5)10-14(12)20(6)8-7-13-17(11-20)18(13,2)3/h12-17H,7-11H2,1-6H3. The molecule has 0 heterocycles. The predicted octanol–water partition coefficient (Wildman–Crippen LogP) is 5.77. The van der Waals surface area contributed by atoms with Gasteiger partial charge in [0, 0.05) is 0 Å². The molecule has 0 saturated heterocycles. The van der Waals surface area contributed by atoms with Crippen LogP contribution in [0.2, 0.25) is 0 Å². The van der Waals surface area contributed by atoms with Crippen LogP contribution in [0.5, 0.6) is 0 Å². The van der Waals surface area contributed by atoms with Crippen LogP contribution in [-0.2, 0) is 0 Å². The van der Waals surface area contributed by atoms with Crippen LogP contribution >= 0.6 is 0 Å². The molecule has 4 fully saturated rings. The molecule has 20 heavy (non-hydrogen) atoms. The van der Waals surface area contributed by atoms with Crippen molar-refractivity contribution in [2.45, 2.75) is 73.6 Å². The highest BCUT2D eigenvalue weighted by Gasteiger charge is 2.66. The lowest BCUT2D eigenvalue weighted by Crippen LogP contribution is -2.37. The van der Waals surface area contributed by atoms with Gasteiger partial charge in [-0.3, -0.25) is 0 Å². The van der Waals surface area contributed by atoms with Crippen LogP contribution in [0.3, 0.4) is 0 Å². The van der Waals surface area contributed by atoms with Gasteiger partial charge in [-0.25, -0.2) is 0 Å². The summed E-state index contributed by atoms with van der Waals surface area (Å²) >= 11 is 0. The maximum atomic E-state index is 2.66. The first-order valence-electron chi connectivity index (χ1n) is 9.18. The average Bonchev–Trinajstić information content (AvgIpc) is 3.10. The third-order valence-corrected chi connectivity index (χ3v) is 9.00. The van der Waals surface area contributed by atoms with Gasteiger partial charge in [0.2, 0.25) is 0 Å². The Bertz CT molecular complexity index is 431. The van der Waals surface area contributed by atoms with Gasteiger partial charge in [-0.05, 0) is 83.9 Å². The topological polar surface area (TPSA) is 0 Å². The van der Waals surface area contributed by atoms with E-state index in [9.17, 15) is 0 Å². The molecule has 4 aliphatic rings. The van der Waals surface area contributed by atoms with E-state index in [0.29, 0.717) is 16.2 Å². The van der Waals surface area contributed by atoms with Crippen LogP contribution in [-0.4, -0.2) is 0 Å². The molecule has 114 valence electrons. The van der Waals surface area contributed by atoms with Gasteiger partial charge < -0.3 is 0 Å². The van der Waals surface area contributed by atoms with Crippen molar-refractivity contribution in [2.24, 2.45) is 51.8 Å². The van der Waals surface area contributed by atoms with Gasteiger partial charge in [0.15, 0.2) is 0 Å². The van der Waals surface area contributed by atoms with E-state index in [-0.39, 0.29) is 0 Å². The van der Waals surface area contributed by atoms with Gasteiger partial charge in [-0.15, -0.1) is 0 Å². The lowest BCUT2D eigenvalue weighted by molar-refractivity contribution is 0.0406. The van der Waals surface area contributed by atoms with Gasteiger partial charge in [0.1, 0.15) is 0 Å². The molecule has 0 N–H and O–H groups in total. The summed E-state index contributed by atoms with van der Waals surface area (Å²) in [6, 6.07) is 0. The van der Waals surface area contributed by atoms with Crippen molar-refractivity contribution in [3.05, 3.63) is 0 Å². The second kappa shape index (κ2) is 3.66. The van der Waals surface area contributed by atoms with Crippen LogP contribution in [0.15, 0.2) is 0 Å². The first-order chi connectivity index (χ1) is 9.18. The highest BCUT2D eigenvalue weighted by Crippen LogP contribution is 2.73. The average molecular weight is 274 g/mol. The van der Waals surface area contributed by atoms with E-state index in [2.05, 4.69) is 41.5 Å².